The van der Waals surface area contributed by atoms with Crippen LogP contribution < -0.4 is 16.0 Å². The van der Waals surface area contributed by atoms with Crippen LogP contribution in [0, 0.1) is 0 Å². The SMILES string of the molecule is CN(C)c1ccc(N)cc1C(=O)NCCC1=CCCCC1. The van der Waals surface area contributed by atoms with E-state index in [2.05, 4.69) is 11.4 Å². The van der Waals surface area contributed by atoms with Crippen LogP contribution in [-0.4, -0.2) is 26.5 Å². The molecule has 0 unspecified atom stereocenters. The Balaban J connectivity index is 1.96. The molecule has 114 valence electrons. The predicted molar refractivity (Wildman–Crippen MR) is 88.7 cm³/mol. The van der Waals surface area contributed by atoms with Crippen molar-refractivity contribution in [2.75, 3.05) is 31.3 Å². The number of benzene rings is 1. The number of anilines is 2. The van der Waals surface area contributed by atoms with Crippen LogP contribution in [0.5, 0.6) is 0 Å². The van der Waals surface area contributed by atoms with Gasteiger partial charge in [-0.3, -0.25) is 4.79 Å². The van der Waals surface area contributed by atoms with Gasteiger partial charge in [0.25, 0.3) is 5.91 Å². The zero-order chi connectivity index (χ0) is 15.2. The smallest absolute Gasteiger partial charge is 0.253 e. The number of amides is 1. The van der Waals surface area contributed by atoms with Gasteiger partial charge in [-0.05, 0) is 50.3 Å². The van der Waals surface area contributed by atoms with Crippen LogP contribution in [0.2, 0.25) is 0 Å². The van der Waals surface area contributed by atoms with E-state index in [4.69, 9.17) is 5.73 Å². The number of carbonyl (C=O) groups is 1. The van der Waals surface area contributed by atoms with Crippen molar-refractivity contribution >= 4 is 17.3 Å². The molecule has 0 bridgehead atoms. The molecule has 1 aromatic carbocycles. The summed E-state index contributed by atoms with van der Waals surface area (Å²) in [5.41, 5.74) is 9.41. The Kier molecular flexibility index (Phi) is 5.26. The van der Waals surface area contributed by atoms with Crippen LogP contribution in [-0.2, 0) is 0 Å². The van der Waals surface area contributed by atoms with Crippen LogP contribution in [0.15, 0.2) is 29.8 Å². The molecule has 1 amide bonds. The van der Waals surface area contributed by atoms with Gasteiger partial charge in [0.2, 0.25) is 0 Å². The molecule has 1 aliphatic rings. The Morgan fingerprint density at radius 1 is 1.33 bits per heavy atom. The molecule has 0 saturated carbocycles. The lowest BCUT2D eigenvalue weighted by molar-refractivity contribution is 0.0954. The van der Waals surface area contributed by atoms with E-state index in [1.807, 2.05) is 31.1 Å². The van der Waals surface area contributed by atoms with E-state index >= 15 is 0 Å². The number of nitrogens with two attached hydrogens (primary N) is 1. The highest BCUT2D eigenvalue weighted by Gasteiger charge is 2.13. The second kappa shape index (κ2) is 7.16. The zero-order valence-electron chi connectivity index (χ0n) is 13.0. The van der Waals surface area contributed by atoms with Crippen molar-refractivity contribution in [3.63, 3.8) is 0 Å². The monoisotopic (exact) mass is 287 g/mol. The highest BCUT2D eigenvalue weighted by Crippen LogP contribution is 2.22. The molecule has 0 atom stereocenters. The molecule has 0 saturated heterocycles. The molecule has 3 N–H and O–H groups in total. The van der Waals surface area contributed by atoms with Gasteiger partial charge in [-0.25, -0.2) is 0 Å². The highest BCUT2D eigenvalue weighted by molar-refractivity contribution is 6.00. The molecule has 0 fully saturated rings. The number of nitrogens with zero attached hydrogens (tertiary/aromatic N) is 1. The largest absolute Gasteiger partial charge is 0.399 e. The summed E-state index contributed by atoms with van der Waals surface area (Å²) >= 11 is 0. The first-order valence-corrected chi connectivity index (χ1v) is 7.61. The van der Waals surface area contributed by atoms with E-state index in [9.17, 15) is 4.79 Å². The first-order chi connectivity index (χ1) is 10.1. The minimum Gasteiger partial charge on any atom is -0.399 e. The summed E-state index contributed by atoms with van der Waals surface area (Å²) in [6, 6.07) is 5.44. The predicted octanol–water partition coefficient (Wildman–Crippen LogP) is 2.96. The van der Waals surface area contributed by atoms with Crippen molar-refractivity contribution in [2.24, 2.45) is 0 Å². The molecule has 4 heteroatoms. The minimum atomic E-state index is -0.0533. The fourth-order valence-electron chi connectivity index (χ4n) is 2.69. The van der Waals surface area contributed by atoms with Gasteiger partial charge in [-0.15, -0.1) is 0 Å². The average Bonchev–Trinajstić information content (AvgIpc) is 2.47. The van der Waals surface area contributed by atoms with Crippen molar-refractivity contribution in [2.45, 2.75) is 32.1 Å². The second-order valence-electron chi connectivity index (χ2n) is 5.79. The quantitative estimate of drug-likeness (QED) is 0.646. The van der Waals surface area contributed by atoms with Crippen LogP contribution in [0.25, 0.3) is 0 Å². The maximum absolute atomic E-state index is 12.4. The minimum absolute atomic E-state index is 0.0533. The molecule has 1 aliphatic carbocycles. The maximum atomic E-state index is 12.4. The molecule has 21 heavy (non-hydrogen) atoms. The molecule has 2 rings (SSSR count). The Morgan fingerprint density at radius 2 is 2.14 bits per heavy atom. The average molecular weight is 287 g/mol. The van der Waals surface area contributed by atoms with E-state index < -0.39 is 0 Å². The van der Waals surface area contributed by atoms with Crippen molar-refractivity contribution in [1.82, 2.24) is 5.32 Å². The van der Waals surface area contributed by atoms with Gasteiger partial charge < -0.3 is 16.0 Å². The van der Waals surface area contributed by atoms with E-state index in [0.29, 0.717) is 17.8 Å². The van der Waals surface area contributed by atoms with Crippen LogP contribution in [0.3, 0.4) is 0 Å². The summed E-state index contributed by atoms with van der Waals surface area (Å²) < 4.78 is 0. The van der Waals surface area contributed by atoms with Crippen molar-refractivity contribution in [3.8, 4) is 0 Å². The third-order valence-electron chi connectivity index (χ3n) is 3.86. The number of hydrogen-bond acceptors (Lipinski definition) is 3. The Bertz CT molecular complexity index is 535. The maximum Gasteiger partial charge on any atom is 0.253 e. The van der Waals surface area contributed by atoms with Gasteiger partial charge in [-0.1, -0.05) is 11.6 Å². The first-order valence-electron chi connectivity index (χ1n) is 7.61. The molecular formula is C17H25N3O. The number of allylic oxidation sites excluding steroid dienone is 1. The van der Waals surface area contributed by atoms with Gasteiger partial charge in [0.1, 0.15) is 0 Å². The fraction of sp³-hybridized carbons (Fsp3) is 0.471. The number of hydrogen-bond donors (Lipinski definition) is 2. The summed E-state index contributed by atoms with van der Waals surface area (Å²) in [6.07, 6.45) is 8.21. The molecule has 0 radical (unpaired) electrons. The van der Waals surface area contributed by atoms with Crippen LogP contribution in [0.4, 0.5) is 11.4 Å². The third-order valence-corrected chi connectivity index (χ3v) is 3.86. The highest BCUT2D eigenvalue weighted by atomic mass is 16.1. The number of rotatable bonds is 5. The topological polar surface area (TPSA) is 58.4 Å². The molecule has 1 aromatic rings. The second-order valence-corrected chi connectivity index (χ2v) is 5.79. The molecule has 4 nitrogen and oxygen atoms in total. The van der Waals surface area contributed by atoms with Gasteiger partial charge in [0.15, 0.2) is 0 Å². The van der Waals surface area contributed by atoms with Gasteiger partial charge in [0, 0.05) is 32.0 Å². The number of nitrogen functional groups attached to an aromatic ring is 1. The Morgan fingerprint density at radius 3 is 2.81 bits per heavy atom. The van der Waals surface area contributed by atoms with Crippen LogP contribution >= 0.6 is 0 Å². The lowest BCUT2D eigenvalue weighted by Crippen LogP contribution is -2.27. The lowest BCUT2D eigenvalue weighted by atomic mass is 9.97. The molecule has 0 heterocycles. The molecule has 0 spiro atoms. The summed E-state index contributed by atoms with van der Waals surface area (Å²) in [5.74, 6) is -0.0533. The zero-order valence-corrected chi connectivity index (χ0v) is 13.0. The Labute approximate surface area is 127 Å². The van der Waals surface area contributed by atoms with Gasteiger partial charge >= 0.3 is 0 Å². The normalized spacial score (nSPS) is 14.5. The molecule has 0 aromatic heterocycles. The van der Waals surface area contributed by atoms with Crippen molar-refractivity contribution < 1.29 is 4.79 Å². The summed E-state index contributed by atoms with van der Waals surface area (Å²) in [4.78, 5) is 14.3. The summed E-state index contributed by atoms with van der Waals surface area (Å²) in [7, 11) is 3.85. The standard InChI is InChI=1S/C17H25N3O/c1-20(2)16-9-8-14(18)12-15(16)17(21)19-11-10-13-6-4-3-5-7-13/h6,8-9,12H,3-5,7,10-11,18H2,1-2H3,(H,19,21). The molecular weight excluding hydrogens is 262 g/mol. The molecule has 0 aliphatic heterocycles. The van der Waals surface area contributed by atoms with E-state index in [-0.39, 0.29) is 5.91 Å². The van der Waals surface area contributed by atoms with Crippen molar-refractivity contribution in [3.05, 3.63) is 35.4 Å². The summed E-state index contributed by atoms with van der Waals surface area (Å²) in [5, 5.41) is 3.01. The van der Waals surface area contributed by atoms with Gasteiger partial charge in [0.05, 0.1) is 5.56 Å². The van der Waals surface area contributed by atoms with E-state index in [1.54, 1.807) is 6.07 Å². The number of nitrogens with one attached hydrogen (secondary N) is 1. The first kappa shape index (κ1) is 15.4. The Hall–Kier alpha value is -1.97. The summed E-state index contributed by atoms with van der Waals surface area (Å²) in [6.45, 7) is 0.687. The van der Waals surface area contributed by atoms with Crippen molar-refractivity contribution in [1.29, 1.82) is 0 Å². The lowest BCUT2D eigenvalue weighted by Gasteiger charge is -2.18. The fourth-order valence-corrected chi connectivity index (χ4v) is 2.69. The van der Waals surface area contributed by atoms with E-state index in [0.717, 1.165) is 12.1 Å². The third kappa shape index (κ3) is 4.25. The number of carbonyl (C=O) groups excluding carboxylic acids is 1. The van der Waals surface area contributed by atoms with Gasteiger partial charge in [-0.2, -0.15) is 0 Å². The van der Waals surface area contributed by atoms with E-state index in [1.165, 1.54) is 31.3 Å². The van der Waals surface area contributed by atoms with Crippen LogP contribution in [0.1, 0.15) is 42.5 Å².